The van der Waals surface area contributed by atoms with Gasteiger partial charge in [-0.15, -0.1) is 0 Å². The van der Waals surface area contributed by atoms with Crippen LogP contribution >= 0.6 is 15.9 Å². The van der Waals surface area contributed by atoms with Gasteiger partial charge in [0.05, 0.1) is 4.47 Å². The molecule has 0 heterocycles. The molecule has 0 radical (unpaired) electrons. The van der Waals surface area contributed by atoms with Gasteiger partial charge in [-0.2, -0.15) is 0 Å². The quantitative estimate of drug-likeness (QED) is 0.690. The summed E-state index contributed by atoms with van der Waals surface area (Å²) >= 11 is 3.63. The summed E-state index contributed by atoms with van der Waals surface area (Å²) in [5.74, 6) is 1.61. The summed E-state index contributed by atoms with van der Waals surface area (Å²) in [4.78, 5) is 0. The van der Waals surface area contributed by atoms with Crippen molar-refractivity contribution >= 4 is 26.7 Å². The first-order chi connectivity index (χ1) is 10.1. The molecule has 2 N–H and O–H groups in total. The number of halogens is 1. The van der Waals surface area contributed by atoms with E-state index in [0.717, 1.165) is 26.9 Å². The fourth-order valence-electron chi connectivity index (χ4n) is 2.26. The molecule has 0 aliphatic rings. The molecular weight excluding hydrogens is 326 g/mol. The van der Waals surface area contributed by atoms with Crippen LogP contribution in [0.4, 0.5) is 0 Å². The second-order valence-electron chi connectivity index (χ2n) is 5.06. The van der Waals surface area contributed by atoms with Crippen LogP contribution in [-0.2, 0) is 0 Å². The van der Waals surface area contributed by atoms with E-state index < -0.39 is 0 Å². The minimum Gasteiger partial charge on any atom is -0.456 e. The minimum atomic E-state index is 0.0338. The molecule has 1 atom stereocenters. The van der Waals surface area contributed by atoms with Gasteiger partial charge in [-0.05, 0) is 57.4 Å². The Bertz CT molecular complexity index is 766. The van der Waals surface area contributed by atoms with Crippen LogP contribution in [0.3, 0.4) is 0 Å². The van der Waals surface area contributed by atoms with Crippen molar-refractivity contribution in [2.24, 2.45) is 5.73 Å². The van der Waals surface area contributed by atoms with Gasteiger partial charge in [-0.25, -0.2) is 0 Å². The Labute approximate surface area is 132 Å². The summed E-state index contributed by atoms with van der Waals surface area (Å²) in [5, 5.41) is 2.33. The van der Waals surface area contributed by atoms with E-state index in [-0.39, 0.29) is 6.04 Å². The largest absolute Gasteiger partial charge is 0.456 e. The number of ether oxygens (including phenoxy) is 1. The predicted octanol–water partition coefficient (Wildman–Crippen LogP) is 5.41. The maximum Gasteiger partial charge on any atom is 0.142 e. The van der Waals surface area contributed by atoms with Gasteiger partial charge in [0.2, 0.25) is 0 Å². The maximum atomic E-state index is 5.96. The van der Waals surface area contributed by atoms with Crippen molar-refractivity contribution in [3.05, 3.63) is 70.7 Å². The zero-order valence-corrected chi connectivity index (χ0v) is 13.3. The van der Waals surface area contributed by atoms with Crippen molar-refractivity contribution in [1.82, 2.24) is 0 Å². The van der Waals surface area contributed by atoms with E-state index in [1.165, 1.54) is 5.39 Å². The topological polar surface area (TPSA) is 35.2 Å². The second kappa shape index (κ2) is 5.88. The molecule has 3 aromatic carbocycles. The van der Waals surface area contributed by atoms with Crippen LogP contribution < -0.4 is 10.5 Å². The Morgan fingerprint density at radius 1 is 0.952 bits per heavy atom. The van der Waals surface area contributed by atoms with E-state index in [9.17, 15) is 0 Å². The Hall–Kier alpha value is -1.84. The van der Waals surface area contributed by atoms with E-state index in [1.807, 2.05) is 49.4 Å². The molecule has 3 heteroatoms. The van der Waals surface area contributed by atoms with Crippen molar-refractivity contribution in [2.75, 3.05) is 0 Å². The van der Waals surface area contributed by atoms with E-state index >= 15 is 0 Å². The summed E-state index contributed by atoms with van der Waals surface area (Å²) < 4.78 is 6.93. The van der Waals surface area contributed by atoms with Gasteiger partial charge in [-0.1, -0.05) is 42.5 Å². The summed E-state index contributed by atoms with van der Waals surface area (Å²) in [6, 6.07) is 20.2. The van der Waals surface area contributed by atoms with Gasteiger partial charge in [0.25, 0.3) is 0 Å². The van der Waals surface area contributed by atoms with Gasteiger partial charge in [-0.3, -0.25) is 0 Å². The first kappa shape index (κ1) is 14.1. The molecular formula is C18H16BrNO. The second-order valence-corrected chi connectivity index (χ2v) is 5.85. The molecule has 0 spiro atoms. The van der Waals surface area contributed by atoms with Gasteiger partial charge >= 0.3 is 0 Å². The van der Waals surface area contributed by atoms with Crippen LogP contribution in [0, 0.1) is 0 Å². The highest BCUT2D eigenvalue weighted by Crippen LogP contribution is 2.35. The highest BCUT2D eigenvalue weighted by Gasteiger charge is 2.07. The molecule has 0 aliphatic carbocycles. The molecule has 0 bridgehead atoms. The van der Waals surface area contributed by atoms with Crippen LogP contribution in [-0.4, -0.2) is 0 Å². The lowest BCUT2D eigenvalue weighted by Gasteiger charge is -2.11. The summed E-state index contributed by atoms with van der Waals surface area (Å²) in [5.41, 5.74) is 6.95. The molecule has 0 amide bonds. The number of fused-ring (bicyclic) bond motifs is 1. The van der Waals surface area contributed by atoms with Gasteiger partial charge < -0.3 is 10.5 Å². The lowest BCUT2D eigenvalue weighted by Crippen LogP contribution is -2.04. The summed E-state index contributed by atoms with van der Waals surface area (Å²) in [6.07, 6.45) is 0. The number of benzene rings is 3. The van der Waals surface area contributed by atoms with Gasteiger partial charge in [0.1, 0.15) is 11.5 Å². The van der Waals surface area contributed by atoms with Gasteiger partial charge in [0, 0.05) is 6.04 Å². The van der Waals surface area contributed by atoms with E-state index in [1.54, 1.807) is 0 Å². The molecule has 0 saturated heterocycles. The van der Waals surface area contributed by atoms with Gasteiger partial charge in [0.15, 0.2) is 0 Å². The van der Waals surface area contributed by atoms with Crippen LogP contribution in [0.5, 0.6) is 11.5 Å². The normalized spacial score (nSPS) is 12.3. The van der Waals surface area contributed by atoms with Crippen molar-refractivity contribution in [2.45, 2.75) is 13.0 Å². The van der Waals surface area contributed by atoms with Crippen molar-refractivity contribution in [3.8, 4) is 11.5 Å². The molecule has 3 aromatic rings. The Morgan fingerprint density at radius 3 is 2.38 bits per heavy atom. The Kier molecular flexibility index (Phi) is 3.95. The smallest absolute Gasteiger partial charge is 0.142 e. The number of hydrogen-bond donors (Lipinski definition) is 1. The minimum absolute atomic E-state index is 0.0338. The highest BCUT2D eigenvalue weighted by molar-refractivity contribution is 9.10. The van der Waals surface area contributed by atoms with Crippen LogP contribution in [0.1, 0.15) is 18.5 Å². The highest BCUT2D eigenvalue weighted by atomic mass is 79.9. The molecule has 106 valence electrons. The van der Waals surface area contributed by atoms with Crippen LogP contribution in [0.25, 0.3) is 10.8 Å². The zero-order valence-electron chi connectivity index (χ0n) is 11.7. The molecule has 0 fully saturated rings. The van der Waals surface area contributed by atoms with Crippen LogP contribution in [0.2, 0.25) is 0 Å². The summed E-state index contributed by atoms with van der Waals surface area (Å²) in [6.45, 7) is 1.97. The standard InChI is InChI=1S/C18H16BrNO/c1-12(20)13-6-9-15(10-7-13)21-17-11-8-14-4-2-3-5-16(14)18(17)19/h2-12H,20H2,1H3. The van der Waals surface area contributed by atoms with E-state index in [0.29, 0.717) is 0 Å². The van der Waals surface area contributed by atoms with E-state index in [4.69, 9.17) is 10.5 Å². The lowest BCUT2D eigenvalue weighted by molar-refractivity contribution is 0.480. The van der Waals surface area contributed by atoms with Crippen molar-refractivity contribution < 1.29 is 4.74 Å². The third-order valence-corrected chi connectivity index (χ3v) is 4.28. The zero-order chi connectivity index (χ0) is 14.8. The fraction of sp³-hybridized carbons (Fsp3) is 0.111. The molecule has 21 heavy (non-hydrogen) atoms. The number of rotatable bonds is 3. The first-order valence-electron chi connectivity index (χ1n) is 6.86. The molecule has 3 rings (SSSR count). The third-order valence-electron chi connectivity index (χ3n) is 3.46. The number of hydrogen-bond acceptors (Lipinski definition) is 2. The first-order valence-corrected chi connectivity index (χ1v) is 7.65. The average molecular weight is 342 g/mol. The molecule has 0 saturated carbocycles. The Morgan fingerprint density at radius 2 is 1.67 bits per heavy atom. The Balaban J connectivity index is 1.92. The third kappa shape index (κ3) is 2.94. The molecule has 2 nitrogen and oxygen atoms in total. The molecule has 0 aliphatic heterocycles. The SMILES string of the molecule is CC(N)c1ccc(Oc2ccc3ccccc3c2Br)cc1. The summed E-state index contributed by atoms with van der Waals surface area (Å²) in [7, 11) is 0. The molecule has 1 unspecified atom stereocenters. The monoisotopic (exact) mass is 341 g/mol. The van der Waals surface area contributed by atoms with Crippen molar-refractivity contribution in [3.63, 3.8) is 0 Å². The maximum absolute atomic E-state index is 5.96. The number of nitrogens with two attached hydrogens (primary N) is 1. The van der Waals surface area contributed by atoms with E-state index in [2.05, 4.69) is 34.1 Å². The fourth-order valence-corrected chi connectivity index (χ4v) is 2.83. The lowest BCUT2D eigenvalue weighted by atomic mass is 10.1. The van der Waals surface area contributed by atoms with Crippen LogP contribution in [0.15, 0.2) is 65.1 Å². The predicted molar refractivity (Wildman–Crippen MR) is 90.8 cm³/mol. The molecule has 0 aromatic heterocycles. The average Bonchev–Trinajstić information content (AvgIpc) is 2.51. The van der Waals surface area contributed by atoms with Crippen molar-refractivity contribution in [1.29, 1.82) is 0 Å².